The molecule has 1 aliphatic rings. The van der Waals surface area contributed by atoms with Crippen LogP contribution in [0, 0.1) is 5.92 Å². The summed E-state index contributed by atoms with van der Waals surface area (Å²) in [5.74, 6) is 0.734. The van der Waals surface area contributed by atoms with Crippen LogP contribution in [0.15, 0.2) is 18.3 Å². The molecule has 3 N–H and O–H groups in total. The van der Waals surface area contributed by atoms with Gasteiger partial charge in [-0.25, -0.2) is 0 Å². The van der Waals surface area contributed by atoms with Gasteiger partial charge in [-0.05, 0) is 37.8 Å². The summed E-state index contributed by atoms with van der Waals surface area (Å²) in [7, 11) is 0. The second-order valence-electron chi connectivity index (χ2n) is 5.55. The van der Waals surface area contributed by atoms with Gasteiger partial charge in [0.05, 0.1) is 23.1 Å². The Balaban J connectivity index is 2.03. The Bertz CT molecular complexity index is 560. The van der Waals surface area contributed by atoms with Crippen molar-refractivity contribution in [2.45, 2.75) is 32.7 Å². The molecule has 1 saturated heterocycles. The highest BCUT2D eigenvalue weighted by molar-refractivity contribution is 5.89. The van der Waals surface area contributed by atoms with E-state index in [9.17, 15) is 0 Å². The van der Waals surface area contributed by atoms with E-state index in [-0.39, 0.29) is 0 Å². The zero-order valence-corrected chi connectivity index (χ0v) is 11.0. The van der Waals surface area contributed by atoms with Crippen LogP contribution in [0.3, 0.4) is 0 Å². The fourth-order valence-electron chi connectivity index (χ4n) is 2.87. The molecule has 1 aliphatic heterocycles. The number of anilines is 2. The quantitative estimate of drug-likeness (QED) is 0.758. The Hall–Kier alpha value is -1.71. The Morgan fingerprint density at radius 3 is 3.00 bits per heavy atom. The Morgan fingerprint density at radius 2 is 2.17 bits per heavy atom. The highest BCUT2D eigenvalue weighted by Gasteiger charge is 2.24. The van der Waals surface area contributed by atoms with E-state index in [1.165, 1.54) is 12.8 Å². The van der Waals surface area contributed by atoms with Gasteiger partial charge in [0.1, 0.15) is 0 Å². The second-order valence-corrected chi connectivity index (χ2v) is 5.55. The largest absolute Gasteiger partial charge is 0.397 e. The first-order valence-electron chi connectivity index (χ1n) is 6.64. The number of rotatable bonds is 1. The molecular formula is C14H20N4. The summed E-state index contributed by atoms with van der Waals surface area (Å²) in [6.45, 7) is 5.68. The Kier molecular flexibility index (Phi) is 2.65. The van der Waals surface area contributed by atoms with Gasteiger partial charge in [0.2, 0.25) is 0 Å². The number of hydrogen-bond donors (Lipinski definition) is 2. The van der Waals surface area contributed by atoms with E-state index in [1.54, 1.807) is 0 Å². The number of piperidine rings is 1. The van der Waals surface area contributed by atoms with Crippen molar-refractivity contribution in [1.29, 1.82) is 0 Å². The van der Waals surface area contributed by atoms with E-state index in [1.807, 2.05) is 12.3 Å². The lowest BCUT2D eigenvalue weighted by Gasteiger charge is -2.39. The van der Waals surface area contributed by atoms with Crippen LogP contribution in [0.4, 0.5) is 11.4 Å². The SMILES string of the molecule is CC1CCC(C)N(c2cc3[nH]ncc3cc2N)C1. The number of aromatic nitrogens is 2. The molecule has 2 unspecified atom stereocenters. The predicted molar refractivity (Wildman–Crippen MR) is 75.7 cm³/mol. The van der Waals surface area contributed by atoms with Crippen LogP contribution in [0.1, 0.15) is 26.7 Å². The number of nitrogen functional groups attached to an aromatic ring is 1. The minimum atomic E-state index is 0.559. The van der Waals surface area contributed by atoms with E-state index in [0.717, 1.165) is 34.7 Å². The fourth-order valence-corrected chi connectivity index (χ4v) is 2.87. The zero-order chi connectivity index (χ0) is 12.7. The summed E-state index contributed by atoms with van der Waals surface area (Å²) in [5, 5.41) is 8.16. The van der Waals surface area contributed by atoms with Crippen molar-refractivity contribution < 1.29 is 0 Å². The van der Waals surface area contributed by atoms with Gasteiger partial charge in [-0.3, -0.25) is 5.10 Å². The lowest BCUT2D eigenvalue weighted by atomic mass is 9.94. The minimum absolute atomic E-state index is 0.559. The van der Waals surface area contributed by atoms with Gasteiger partial charge in [0, 0.05) is 18.0 Å². The van der Waals surface area contributed by atoms with Gasteiger partial charge < -0.3 is 10.6 Å². The third-order valence-electron chi connectivity index (χ3n) is 4.01. The van der Waals surface area contributed by atoms with Crippen LogP contribution in [-0.2, 0) is 0 Å². The Labute approximate surface area is 107 Å². The summed E-state index contributed by atoms with van der Waals surface area (Å²) >= 11 is 0. The van der Waals surface area contributed by atoms with Gasteiger partial charge in [-0.2, -0.15) is 5.10 Å². The number of fused-ring (bicyclic) bond motifs is 1. The van der Waals surface area contributed by atoms with E-state index in [0.29, 0.717) is 6.04 Å². The number of hydrogen-bond acceptors (Lipinski definition) is 3. The molecule has 4 nitrogen and oxygen atoms in total. The molecule has 0 bridgehead atoms. The topological polar surface area (TPSA) is 57.9 Å². The number of benzene rings is 1. The fraction of sp³-hybridized carbons (Fsp3) is 0.500. The number of nitrogens with two attached hydrogens (primary N) is 1. The normalized spacial score (nSPS) is 24.7. The highest BCUT2D eigenvalue weighted by Crippen LogP contribution is 2.33. The predicted octanol–water partition coefficient (Wildman–Crippen LogP) is 2.77. The van der Waals surface area contributed by atoms with Crippen molar-refractivity contribution in [2.24, 2.45) is 5.92 Å². The third kappa shape index (κ3) is 1.82. The Morgan fingerprint density at radius 1 is 1.33 bits per heavy atom. The average molecular weight is 244 g/mol. The first kappa shape index (κ1) is 11.4. The lowest BCUT2D eigenvalue weighted by molar-refractivity contribution is 0.391. The number of aromatic amines is 1. The third-order valence-corrected chi connectivity index (χ3v) is 4.01. The highest BCUT2D eigenvalue weighted by atomic mass is 15.2. The maximum atomic E-state index is 6.20. The van der Waals surface area contributed by atoms with Crippen LogP contribution < -0.4 is 10.6 Å². The van der Waals surface area contributed by atoms with Gasteiger partial charge in [-0.1, -0.05) is 6.92 Å². The molecule has 0 saturated carbocycles. The summed E-state index contributed by atoms with van der Waals surface area (Å²) < 4.78 is 0. The summed E-state index contributed by atoms with van der Waals surface area (Å²) in [6.07, 6.45) is 4.36. The minimum Gasteiger partial charge on any atom is -0.397 e. The summed E-state index contributed by atoms with van der Waals surface area (Å²) in [5.41, 5.74) is 9.26. The van der Waals surface area contributed by atoms with E-state index in [2.05, 4.69) is 35.0 Å². The van der Waals surface area contributed by atoms with Crippen molar-refractivity contribution >= 4 is 22.3 Å². The van der Waals surface area contributed by atoms with Crippen LogP contribution >= 0.6 is 0 Å². The molecule has 2 atom stereocenters. The van der Waals surface area contributed by atoms with Gasteiger partial charge in [0.25, 0.3) is 0 Å². The molecule has 2 heterocycles. The van der Waals surface area contributed by atoms with Crippen LogP contribution in [0.25, 0.3) is 10.9 Å². The molecule has 1 fully saturated rings. The van der Waals surface area contributed by atoms with Crippen molar-refractivity contribution in [3.05, 3.63) is 18.3 Å². The zero-order valence-electron chi connectivity index (χ0n) is 11.0. The molecule has 0 amide bonds. The van der Waals surface area contributed by atoms with Gasteiger partial charge in [-0.15, -0.1) is 0 Å². The lowest BCUT2D eigenvalue weighted by Crippen LogP contribution is -2.41. The first-order chi connectivity index (χ1) is 8.65. The van der Waals surface area contributed by atoms with Gasteiger partial charge in [0.15, 0.2) is 0 Å². The van der Waals surface area contributed by atoms with Crippen molar-refractivity contribution in [3.8, 4) is 0 Å². The molecule has 1 aromatic heterocycles. The number of nitrogens with zero attached hydrogens (tertiary/aromatic N) is 2. The van der Waals surface area contributed by atoms with E-state index in [4.69, 9.17) is 5.73 Å². The van der Waals surface area contributed by atoms with E-state index < -0.39 is 0 Å². The molecule has 2 aromatic rings. The van der Waals surface area contributed by atoms with E-state index >= 15 is 0 Å². The number of nitrogens with one attached hydrogen (secondary N) is 1. The molecule has 4 heteroatoms. The van der Waals surface area contributed by atoms with Crippen molar-refractivity contribution in [1.82, 2.24) is 10.2 Å². The van der Waals surface area contributed by atoms with Crippen molar-refractivity contribution in [2.75, 3.05) is 17.2 Å². The van der Waals surface area contributed by atoms with Crippen LogP contribution in [-0.4, -0.2) is 22.8 Å². The molecule has 18 heavy (non-hydrogen) atoms. The van der Waals surface area contributed by atoms with Crippen LogP contribution in [0.2, 0.25) is 0 Å². The summed E-state index contributed by atoms with van der Waals surface area (Å²) in [6, 6.07) is 4.70. The van der Waals surface area contributed by atoms with Crippen molar-refractivity contribution in [3.63, 3.8) is 0 Å². The molecule has 0 radical (unpaired) electrons. The number of H-pyrrole nitrogens is 1. The molecular weight excluding hydrogens is 224 g/mol. The standard InChI is InChI=1S/C14H20N4/c1-9-3-4-10(2)18(8-9)14-6-13-11(5-12(14)15)7-16-17-13/h5-7,9-10H,3-4,8,15H2,1-2H3,(H,16,17). The summed E-state index contributed by atoms with van der Waals surface area (Å²) in [4.78, 5) is 2.43. The maximum absolute atomic E-state index is 6.20. The molecule has 0 spiro atoms. The maximum Gasteiger partial charge on any atom is 0.0672 e. The molecule has 0 aliphatic carbocycles. The monoisotopic (exact) mass is 244 g/mol. The smallest absolute Gasteiger partial charge is 0.0672 e. The second kappa shape index (κ2) is 4.19. The van der Waals surface area contributed by atoms with Gasteiger partial charge >= 0.3 is 0 Å². The molecule has 96 valence electrons. The first-order valence-corrected chi connectivity index (χ1v) is 6.64. The molecule has 3 rings (SSSR count). The molecule has 1 aromatic carbocycles. The average Bonchev–Trinajstić information content (AvgIpc) is 2.78. The van der Waals surface area contributed by atoms with Crippen LogP contribution in [0.5, 0.6) is 0 Å².